The van der Waals surface area contributed by atoms with E-state index in [-0.39, 0.29) is 18.4 Å². The van der Waals surface area contributed by atoms with Crippen LogP contribution in [0.3, 0.4) is 0 Å². The molecule has 0 aromatic heterocycles. The number of rotatable bonds is 3. The van der Waals surface area contributed by atoms with E-state index < -0.39 is 0 Å². The van der Waals surface area contributed by atoms with E-state index in [1.165, 1.54) is 0 Å². The predicted octanol–water partition coefficient (Wildman–Crippen LogP) is 2.30. The van der Waals surface area contributed by atoms with Gasteiger partial charge in [0.25, 0.3) is 0 Å². The van der Waals surface area contributed by atoms with E-state index in [2.05, 4.69) is 11.4 Å². The number of nitrogens with one attached hydrogen (secondary N) is 1. The van der Waals surface area contributed by atoms with Crippen LogP contribution in [0.25, 0.3) is 0 Å². The molecule has 1 aliphatic carbocycles. The molecule has 4 nitrogen and oxygen atoms in total. The topological polar surface area (TPSA) is 73.1 Å². The number of anilines is 1. The lowest BCUT2D eigenvalue weighted by Gasteiger charge is -2.26. The minimum atomic E-state index is -0.0147. The van der Waals surface area contributed by atoms with Gasteiger partial charge in [-0.25, -0.2) is 0 Å². The average molecular weight is 258 g/mol. The van der Waals surface area contributed by atoms with Crippen molar-refractivity contribution >= 4 is 11.6 Å². The summed E-state index contributed by atoms with van der Waals surface area (Å²) in [5, 5.41) is 20.9. The summed E-state index contributed by atoms with van der Waals surface area (Å²) < 4.78 is 0. The summed E-state index contributed by atoms with van der Waals surface area (Å²) in [5.74, 6) is 0.323. The molecule has 1 aromatic rings. The van der Waals surface area contributed by atoms with Crippen molar-refractivity contribution < 1.29 is 9.90 Å². The molecule has 0 saturated heterocycles. The van der Waals surface area contributed by atoms with E-state index >= 15 is 0 Å². The third-order valence-corrected chi connectivity index (χ3v) is 3.78. The van der Waals surface area contributed by atoms with Gasteiger partial charge >= 0.3 is 0 Å². The number of nitriles is 1. The molecule has 0 atom stereocenters. The Labute approximate surface area is 113 Å². The zero-order chi connectivity index (χ0) is 13.7. The van der Waals surface area contributed by atoms with Gasteiger partial charge < -0.3 is 10.4 Å². The monoisotopic (exact) mass is 258 g/mol. The van der Waals surface area contributed by atoms with Crippen LogP contribution in [0.1, 0.15) is 31.2 Å². The molecule has 2 rings (SSSR count). The summed E-state index contributed by atoms with van der Waals surface area (Å²) in [4.78, 5) is 12.1. The Morgan fingerprint density at radius 1 is 1.32 bits per heavy atom. The van der Waals surface area contributed by atoms with E-state index in [0.717, 1.165) is 25.7 Å². The Bertz CT molecular complexity index is 485. The SMILES string of the molecule is N#Cc1ccccc1NC(=O)C1CCC(CO)CC1. The third-order valence-electron chi connectivity index (χ3n) is 3.78. The number of carbonyl (C=O) groups excluding carboxylic acids is 1. The van der Waals surface area contributed by atoms with Gasteiger partial charge in [0.15, 0.2) is 0 Å². The van der Waals surface area contributed by atoms with Gasteiger partial charge in [0.2, 0.25) is 5.91 Å². The molecule has 1 amide bonds. The lowest BCUT2D eigenvalue weighted by atomic mass is 9.82. The highest BCUT2D eigenvalue weighted by molar-refractivity contribution is 5.93. The van der Waals surface area contributed by atoms with Gasteiger partial charge in [-0.1, -0.05) is 12.1 Å². The number of amides is 1. The van der Waals surface area contributed by atoms with Gasteiger partial charge in [-0.05, 0) is 43.7 Å². The van der Waals surface area contributed by atoms with Crippen molar-refractivity contribution in [3.05, 3.63) is 29.8 Å². The smallest absolute Gasteiger partial charge is 0.227 e. The predicted molar refractivity (Wildman–Crippen MR) is 72.3 cm³/mol. The standard InChI is InChI=1S/C15H18N2O2/c16-9-13-3-1-2-4-14(13)17-15(19)12-7-5-11(10-18)6-8-12/h1-4,11-12,18H,5-8,10H2,(H,17,19). The Morgan fingerprint density at radius 2 is 2.00 bits per heavy atom. The van der Waals surface area contributed by atoms with Crippen molar-refractivity contribution in [1.29, 1.82) is 5.26 Å². The number of nitrogens with zero attached hydrogens (tertiary/aromatic N) is 1. The molecular weight excluding hydrogens is 240 g/mol. The Balaban J connectivity index is 1.97. The number of benzene rings is 1. The molecule has 0 spiro atoms. The molecule has 0 radical (unpaired) electrons. The molecule has 4 heteroatoms. The first-order chi connectivity index (χ1) is 9.24. The van der Waals surface area contributed by atoms with E-state index in [1.807, 2.05) is 0 Å². The highest BCUT2D eigenvalue weighted by Crippen LogP contribution is 2.29. The van der Waals surface area contributed by atoms with E-state index in [0.29, 0.717) is 17.2 Å². The maximum atomic E-state index is 12.1. The van der Waals surface area contributed by atoms with Gasteiger partial charge in [0.1, 0.15) is 6.07 Å². The van der Waals surface area contributed by atoms with Crippen molar-refractivity contribution in [3.8, 4) is 6.07 Å². The molecule has 0 unspecified atom stereocenters. The zero-order valence-corrected chi connectivity index (χ0v) is 10.8. The molecule has 19 heavy (non-hydrogen) atoms. The van der Waals surface area contributed by atoms with Crippen LogP contribution in [0, 0.1) is 23.2 Å². The first-order valence-corrected chi connectivity index (χ1v) is 6.65. The number of aliphatic hydroxyl groups excluding tert-OH is 1. The van der Waals surface area contributed by atoms with Crippen LogP contribution in [-0.4, -0.2) is 17.6 Å². The maximum Gasteiger partial charge on any atom is 0.227 e. The molecule has 1 aromatic carbocycles. The second-order valence-electron chi connectivity index (χ2n) is 5.05. The number of hydrogen-bond donors (Lipinski definition) is 2. The van der Waals surface area contributed by atoms with Gasteiger partial charge in [-0.2, -0.15) is 5.26 Å². The van der Waals surface area contributed by atoms with Crippen molar-refractivity contribution in [1.82, 2.24) is 0 Å². The summed E-state index contributed by atoms with van der Waals surface area (Å²) >= 11 is 0. The molecular formula is C15H18N2O2. The average Bonchev–Trinajstić information content (AvgIpc) is 2.48. The Hall–Kier alpha value is -1.86. The second-order valence-corrected chi connectivity index (χ2v) is 5.05. The Kier molecular flexibility index (Phi) is 4.53. The van der Waals surface area contributed by atoms with Crippen LogP contribution in [0.5, 0.6) is 0 Å². The van der Waals surface area contributed by atoms with Crippen LogP contribution in [0.15, 0.2) is 24.3 Å². The lowest BCUT2D eigenvalue weighted by Crippen LogP contribution is -2.28. The van der Waals surface area contributed by atoms with Crippen LogP contribution in [0.4, 0.5) is 5.69 Å². The van der Waals surface area contributed by atoms with Crippen molar-refractivity contribution in [3.63, 3.8) is 0 Å². The van der Waals surface area contributed by atoms with Crippen LogP contribution in [-0.2, 0) is 4.79 Å². The molecule has 0 bridgehead atoms. The molecule has 100 valence electrons. The van der Waals surface area contributed by atoms with Crippen molar-refractivity contribution in [2.45, 2.75) is 25.7 Å². The minimum absolute atomic E-state index is 0.00505. The molecule has 0 heterocycles. The number of carbonyl (C=O) groups is 1. The normalized spacial score (nSPS) is 22.5. The number of para-hydroxylation sites is 1. The first-order valence-electron chi connectivity index (χ1n) is 6.65. The van der Waals surface area contributed by atoms with Gasteiger partial charge in [-0.15, -0.1) is 0 Å². The van der Waals surface area contributed by atoms with E-state index in [9.17, 15) is 4.79 Å². The van der Waals surface area contributed by atoms with Crippen molar-refractivity contribution in [2.75, 3.05) is 11.9 Å². The second kappa shape index (κ2) is 6.35. The van der Waals surface area contributed by atoms with Crippen LogP contribution >= 0.6 is 0 Å². The molecule has 1 fully saturated rings. The van der Waals surface area contributed by atoms with E-state index in [1.54, 1.807) is 24.3 Å². The fourth-order valence-electron chi connectivity index (χ4n) is 2.53. The van der Waals surface area contributed by atoms with Crippen LogP contribution in [0.2, 0.25) is 0 Å². The quantitative estimate of drug-likeness (QED) is 0.873. The number of aliphatic hydroxyl groups is 1. The Morgan fingerprint density at radius 3 is 2.63 bits per heavy atom. The highest BCUT2D eigenvalue weighted by Gasteiger charge is 2.26. The highest BCUT2D eigenvalue weighted by atomic mass is 16.3. The van der Waals surface area contributed by atoms with Gasteiger partial charge in [0, 0.05) is 12.5 Å². The summed E-state index contributed by atoms with van der Waals surface area (Å²) in [6.45, 7) is 0.214. The lowest BCUT2D eigenvalue weighted by molar-refractivity contribution is -0.121. The van der Waals surface area contributed by atoms with Gasteiger partial charge in [0.05, 0.1) is 11.3 Å². The summed E-state index contributed by atoms with van der Waals surface area (Å²) in [7, 11) is 0. The van der Waals surface area contributed by atoms with Gasteiger partial charge in [-0.3, -0.25) is 4.79 Å². The maximum absolute atomic E-state index is 12.1. The summed E-state index contributed by atoms with van der Waals surface area (Å²) in [5.41, 5.74) is 1.07. The van der Waals surface area contributed by atoms with Crippen molar-refractivity contribution in [2.24, 2.45) is 11.8 Å². The van der Waals surface area contributed by atoms with Crippen LogP contribution < -0.4 is 5.32 Å². The molecule has 1 saturated carbocycles. The molecule has 0 aliphatic heterocycles. The third kappa shape index (κ3) is 3.33. The van der Waals surface area contributed by atoms with E-state index in [4.69, 9.17) is 10.4 Å². The molecule has 2 N–H and O–H groups in total. The summed E-state index contributed by atoms with van der Waals surface area (Å²) in [6.07, 6.45) is 3.42. The summed E-state index contributed by atoms with van der Waals surface area (Å²) in [6, 6.07) is 9.09. The largest absolute Gasteiger partial charge is 0.396 e. The fourth-order valence-corrected chi connectivity index (χ4v) is 2.53. The fraction of sp³-hybridized carbons (Fsp3) is 0.467. The number of hydrogen-bond acceptors (Lipinski definition) is 3. The zero-order valence-electron chi connectivity index (χ0n) is 10.8. The first kappa shape index (κ1) is 13.6. The minimum Gasteiger partial charge on any atom is -0.396 e. The molecule has 1 aliphatic rings.